The van der Waals surface area contributed by atoms with Gasteiger partial charge in [0.25, 0.3) is 5.91 Å². The van der Waals surface area contributed by atoms with Crippen molar-refractivity contribution in [1.29, 1.82) is 0 Å². The third kappa shape index (κ3) is 7.62. The Labute approximate surface area is 230 Å². The predicted octanol–water partition coefficient (Wildman–Crippen LogP) is 7.45. The summed E-state index contributed by atoms with van der Waals surface area (Å²) >= 11 is 11.8. The smallest absolute Gasteiger partial charge is 0.336 e. The lowest BCUT2D eigenvalue weighted by Crippen LogP contribution is -2.11. The van der Waals surface area contributed by atoms with Gasteiger partial charge in [0.1, 0.15) is 12.4 Å². The number of carbonyl (C=O) groups excluding carboxylic acids is 2. The van der Waals surface area contributed by atoms with E-state index in [2.05, 4.69) is 5.32 Å². The van der Waals surface area contributed by atoms with Crippen LogP contribution in [0.1, 0.15) is 21.5 Å². The van der Waals surface area contributed by atoms with Crippen LogP contribution in [-0.2, 0) is 11.4 Å². The van der Waals surface area contributed by atoms with Gasteiger partial charge in [-0.15, -0.1) is 0 Å². The first-order valence-corrected chi connectivity index (χ1v) is 12.3. The lowest BCUT2D eigenvalue weighted by molar-refractivity contribution is -0.128. The van der Waals surface area contributed by atoms with Gasteiger partial charge in [0.2, 0.25) is 0 Å². The van der Waals surface area contributed by atoms with E-state index in [4.69, 9.17) is 37.4 Å². The van der Waals surface area contributed by atoms with Crippen molar-refractivity contribution in [3.05, 3.63) is 124 Å². The summed E-state index contributed by atoms with van der Waals surface area (Å²) in [7, 11) is 1.55. The monoisotopic (exact) mass is 547 g/mol. The molecule has 1 N–H and O–H groups in total. The Morgan fingerprint density at radius 2 is 1.47 bits per heavy atom. The van der Waals surface area contributed by atoms with Crippen LogP contribution < -0.4 is 19.5 Å². The standard InChI is InChI=1S/C30H23Cl2NO5/c1-36-28-18-20(4-16-27(28)37-19-21-2-8-23(31)9-3-21)5-17-29(34)38-26-14-6-22(7-15-26)30(35)33-25-12-10-24(32)11-13-25/h2-18H,19H2,1H3,(H,33,35)/b17-5+. The summed E-state index contributed by atoms with van der Waals surface area (Å²) in [5.41, 5.74) is 2.74. The molecule has 0 saturated carbocycles. The summed E-state index contributed by atoms with van der Waals surface area (Å²) in [5.74, 6) is 0.556. The largest absolute Gasteiger partial charge is 0.493 e. The minimum Gasteiger partial charge on any atom is -0.493 e. The zero-order chi connectivity index (χ0) is 26.9. The van der Waals surface area contributed by atoms with E-state index in [0.717, 1.165) is 11.1 Å². The van der Waals surface area contributed by atoms with Gasteiger partial charge in [-0.2, -0.15) is 0 Å². The molecule has 0 fully saturated rings. The first-order chi connectivity index (χ1) is 18.4. The van der Waals surface area contributed by atoms with Crippen molar-refractivity contribution in [1.82, 2.24) is 0 Å². The molecule has 38 heavy (non-hydrogen) atoms. The predicted molar refractivity (Wildman–Crippen MR) is 149 cm³/mol. The number of esters is 1. The minimum atomic E-state index is -0.564. The minimum absolute atomic E-state index is 0.292. The molecule has 0 bridgehead atoms. The molecule has 0 unspecified atom stereocenters. The summed E-state index contributed by atoms with van der Waals surface area (Å²) in [5, 5.41) is 4.02. The van der Waals surface area contributed by atoms with Crippen molar-refractivity contribution in [2.24, 2.45) is 0 Å². The molecule has 0 radical (unpaired) electrons. The third-order valence-corrected chi connectivity index (χ3v) is 5.85. The quantitative estimate of drug-likeness (QED) is 0.134. The van der Waals surface area contributed by atoms with Crippen molar-refractivity contribution in [3.8, 4) is 17.2 Å². The van der Waals surface area contributed by atoms with E-state index in [1.54, 1.807) is 92.0 Å². The Kier molecular flexibility index (Phi) is 9.03. The molecule has 192 valence electrons. The average molecular weight is 548 g/mol. The summed E-state index contributed by atoms with van der Waals surface area (Å²) < 4.78 is 16.6. The second-order valence-electron chi connectivity index (χ2n) is 8.07. The molecule has 0 aliphatic rings. The van der Waals surface area contributed by atoms with Gasteiger partial charge < -0.3 is 19.5 Å². The molecular weight excluding hydrogens is 525 g/mol. The molecule has 6 nitrogen and oxygen atoms in total. The van der Waals surface area contributed by atoms with Crippen molar-refractivity contribution >= 4 is 46.8 Å². The van der Waals surface area contributed by atoms with Crippen molar-refractivity contribution in [2.75, 3.05) is 12.4 Å². The van der Waals surface area contributed by atoms with Gasteiger partial charge in [0.05, 0.1) is 7.11 Å². The molecule has 4 aromatic rings. The number of anilines is 1. The van der Waals surface area contributed by atoms with E-state index >= 15 is 0 Å². The third-order valence-electron chi connectivity index (χ3n) is 5.34. The number of benzene rings is 4. The maximum Gasteiger partial charge on any atom is 0.336 e. The highest BCUT2D eigenvalue weighted by atomic mass is 35.5. The van der Waals surface area contributed by atoms with Crippen molar-refractivity contribution in [2.45, 2.75) is 6.61 Å². The van der Waals surface area contributed by atoms with E-state index in [1.807, 2.05) is 12.1 Å². The number of halogens is 2. The fourth-order valence-corrected chi connectivity index (χ4v) is 3.63. The van der Waals surface area contributed by atoms with Crippen LogP contribution in [0.15, 0.2) is 97.1 Å². The number of methoxy groups -OCH3 is 1. The van der Waals surface area contributed by atoms with Gasteiger partial charge in [0, 0.05) is 27.4 Å². The molecule has 1 amide bonds. The van der Waals surface area contributed by atoms with Crippen molar-refractivity contribution < 1.29 is 23.8 Å². The van der Waals surface area contributed by atoms with E-state index in [0.29, 0.717) is 45.2 Å². The number of amides is 1. The van der Waals surface area contributed by atoms with Gasteiger partial charge in [-0.3, -0.25) is 4.79 Å². The Balaban J connectivity index is 1.31. The van der Waals surface area contributed by atoms with Crippen LogP contribution in [0.2, 0.25) is 10.0 Å². The van der Waals surface area contributed by atoms with Gasteiger partial charge in [-0.25, -0.2) is 4.79 Å². The number of nitrogens with one attached hydrogen (secondary N) is 1. The SMILES string of the molecule is COc1cc(/C=C/C(=O)Oc2ccc(C(=O)Nc3ccc(Cl)cc3)cc2)ccc1OCc1ccc(Cl)cc1. The normalized spacial score (nSPS) is 10.7. The maximum atomic E-state index is 12.4. The molecule has 4 aromatic carbocycles. The first-order valence-electron chi connectivity index (χ1n) is 11.5. The van der Waals surface area contributed by atoms with Crippen LogP contribution >= 0.6 is 23.2 Å². The average Bonchev–Trinajstić information content (AvgIpc) is 2.93. The fraction of sp³-hybridized carbons (Fsp3) is 0.0667. The Morgan fingerprint density at radius 1 is 0.816 bits per heavy atom. The lowest BCUT2D eigenvalue weighted by Gasteiger charge is -2.11. The fourth-order valence-electron chi connectivity index (χ4n) is 3.37. The summed E-state index contributed by atoms with van der Waals surface area (Å²) in [6.07, 6.45) is 2.92. The van der Waals surface area contributed by atoms with E-state index < -0.39 is 5.97 Å². The van der Waals surface area contributed by atoms with E-state index in [-0.39, 0.29) is 5.91 Å². The zero-order valence-corrected chi connectivity index (χ0v) is 21.8. The summed E-state index contributed by atoms with van der Waals surface area (Å²) in [6.45, 7) is 0.358. The summed E-state index contributed by atoms with van der Waals surface area (Å²) in [4.78, 5) is 24.7. The number of ether oxygens (including phenoxy) is 3. The second-order valence-corrected chi connectivity index (χ2v) is 8.94. The van der Waals surface area contributed by atoms with Crippen LogP contribution in [0.25, 0.3) is 6.08 Å². The maximum absolute atomic E-state index is 12.4. The molecule has 0 spiro atoms. The number of hydrogen-bond acceptors (Lipinski definition) is 5. The van der Waals surface area contributed by atoms with Crippen LogP contribution in [-0.4, -0.2) is 19.0 Å². The number of carbonyl (C=O) groups is 2. The van der Waals surface area contributed by atoms with E-state index in [9.17, 15) is 9.59 Å². The molecule has 0 saturated heterocycles. The molecule has 0 aromatic heterocycles. The molecule has 0 aliphatic carbocycles. The van der Waals surface area contributed by atoms with Gasteiger partial charge in [-0.05, 0) is 90.0 Å². The second kappa shape index (κ2) is 12.8. The van der Waals surface area contributed by atoms with Crippen LogP contribution in [0.3, 0.4) is 0 Å². The Morgan fingerprint density at radius 3 is 2.13 bits per heavy atom. The molecule has 0 heterocycles. The van der Waals surface area contributed by atoms with Crippen LogP contribution in [0.5, 0.6) is 17.2 Å². The lowest BCUT2D eigenvalue weighted by atomic mass is 10.2. The molecular formula is C30H23Cl2NO5. The van der Waals surface area contributed by atoms with Crippen LogP contribution in [0, 0.1) is 0 Å². The highest BCUT2D eigenvalue weighted by Gasteiger charge is 2.09. The van der Waals surface area contributed by atoms with Crippen LogP contribution in [0.4, 0.5) is 5.69 Å². The highest BCUT2D eigenvalue weighted by Crippen LogP contribution is 2.29. The Bertz CT molecular complexity index is 1430. The zero-order valence-electron chi connectivity index (χ0n) is 20.3. The van der Waals surface area contributed by atoms with Crippen molar-refractivity contribution in [3.63, 3.8) is 0 Å². The molecule has 4 rings (SSSR count). The Hall–Kier alpha value is -4.26. The first kappa shape index (κ1) is 26.8. The highest BCUT2D eigenvalue weighted by molar-refractivity contribution is 6.30. The molecule has 0 atom stereocenters. The van der Waals surface area contributed by atoms with Gasteiger partial charge >= 0.3 is 5.97 Å². The topological polar surface area (TPSA) is 73.9 Å². The molecule has 0 aliphatic heterocycles. The van der Waals surface area contributed by atoms with Gasteiger partial charge in [0.15, 0.2) is 11.5 Å². The van der Waals surface area contributed by atoms with Gasteiger partial charge in [-0.1, -0.05) is 41.4 Å². The number of hydrogen-bond donors (Lipinski definition) is 1. The summed E-state index contributed by atoms with van der Waals surface area (Å²) in [6, 6.07) is 25.8. The van der Waals surface area contributed by atoms with E-state index in [1.165, 1.54) is 6.08 Å². The number of rotatable bonds is 9. The molecule has 8 heteroatoms.